The van der Waals surface area contributed by atoms with E-state index in [1.54, 1.807) is 11.2 Å². The molecule has 1 aromatic heterocycles. The molecule has 4 rings (SSSR count). The molecule has 0 radical (unpaired) electrons. The van der Waals surface area contributed by atoms with E-state index in [0.29, 0.717) is 39.0 Å². The van der Waals surface area contributed by atoms with Crippen molar-refractivity contribution in [3.05, 3.63) is 53.5 Å². The molecule has 1 N–H and O–H groups in total. The molecule has 1 aliphatic heterocycles. The van der Waals surface area contributed by atoms with Gasteiger partial charge in [0.25, 0.3) is 0 Å². The van der Waals surface area contributed by atoms with Gasteiger partial charge in [-0.15, -0.1) is 0 Å². The molecule has 2 aliphatic rings. The number of anilines is 1. The van der Waals surface area contributed by atoms with E-state index in [4.69, 9.17) is 0 Å². The first-order chi connectivity index (χ1) is 13.5. The SMILES string of the molecule is CCc1cc(N2CCN(C(=O)NC3(c4cc(F)ccc4F)CC3)CC2)ncn1. The number of rotatable bonds is 4. The Hall–Kier alpha value is -2.77. The fraction of sp³-hybridized carbons (Fsp3) is 0.450. The number of hydrogen-bond donors (Lipinski definition) is 1. The normalized spacial score (nSPS) is 18.1. The van der Waals surface area contributed by atoms with Crippen molar-refractivity contribution in [2.45, 2.75) is 31.7 Å². The fourth-order valence-electron chi connectivity index (χ4n) is 3.63. The lowest BCUT2D eigenvalue weighted by Gasteiger charge is -2.36. The summed E-state index contributed by atoms with van der Waals surface area (Å²) in [5, 5.41) is 2.93. The highest BCUT2D eigenvalue weighted by molar-refractivity contribution is 5.76. The molecule has 0 atom stereocenters. The van der Waals surface area contributed by atoms with Crippen molar-refractivity contribution in [3.63, 3.8) is 0 Å². The minimum absolute atomic E-state index is 0.229. The summed E-state index contributed by atoms with van der Waals surface area (Å²) in [6.45, 7) is 4.45. The van der Waals surface area contributed by atoms with E-state index in [0.717, 1.165) is 30.1 Å². The summed E-state index contributed by atoms with van der Waals surface area (Å²) in [4.78, 5) is 25.1. The Balaban J connectivity index is 1.38. The highest BCUT2D eigenvalue weighted by Crippen LogP contribution is 2.46. The summed E-state index contributed by atoms with van der Waals surface area (Å²) in [5.74, 6) is -0.117. The highest BCUT2D eigenvalue weighted by atomic mass is 19.1. The minimum atomic E-state index is -0.789. The second-order valence-electron chi connectivity index (χ2n) is 7.33. The molecule has 1 saturated carbocycles. The second kappa shape index (κ2) is 7.33. The average molecular weight is 387 g/mol. The quantitative estimate of drug-likeness (QED) is 0.876. The highest BCUT2D eigenvalue weighted by Gasteiger charge is 2.48. The minimum Gasteiger partial charge on any atom is -0.353 e. The van der Waals surface area contributed by atoms with Crippen molar-refractivity contribution >= 4 is 11.8 Å². The molecule has 0 spiro atoms. The van der Waals surface area contributed by atoms with E-state index in [9.17, 15) is 13.6 Å². The number of carbonyl (C=O) groups is 1. The van der Waals surface area contributed by atoms with Gasteiger partial charge in [-0.1, -0.05) is 6.92 Å². The summed E-state index contributed by atoms with van der Waals surface area (Å²) in [6.07, 6.45) is 3.63. The zero-order valence-corrected chi connectivity index (χ0v) is 15.8. The van der Waals surface area contributed by atoms with Crippen LogP contribution in [-0.4, -0.2) is 47.1 Å². The van der Waals surface area contributed by atoms with Crippen LogP contribution in [0.5, 0.6) is 0 Å². The van der Waals surface area contributed by atoms with Crippen molar-refractivity contribution in [1.82, 2.24) is 20.2 Å². The Morgan fingerprint density at radius 1 is 1.14 bits per heavy atom. The molecular weight excluding hydrogens is 364 g/mol. The Morgan fingerprint density at radius 2 is 1.89 bits per heavy atom. The maximum Gasteiger partial charge on any atom is 0.318 e. The Kier molecular flexibility index (Phi) is 4.87. The van der Waals surface area contributed by atoms with Gasteiger partial charge in [0.15, 0.2) is 0 Å². The van der Waals surface area contributed by atoms with Crippen LogP contribution in [0.4, 0.5) is 19.4 Å². The number of halogens is 2. The molecule has 148 valence electrons. The van der Waals surface area contributed by atoms with Gasteiger partial charge in [-0.05, 0) is 37.5 Å². The predicted octanol–water partition coefficient (Wildman–Crippen LogP) is 2.84. The Morgan fingerprint density at radius 3 is 2.57 bits per heavy atom. The topological polar surface area (TPSA) is 61.4 Å². The number of aromatic nitrogens is 2. The van der Waals surface area contributed by atoms with Crippen molar-refractivity contribution in [3.8, 4) is 0 Å². The number of piperazine rings is 1. The number of benzene rings is 1. The van der Waals surface area contributed by atoms with Crippen LogP contribution in [-0.2, 0) is 12.0 Å². The van der Waals surface area contributed by atoms with E-state index in [1.807, 2.05) is 13.0 Å². The average Bonchev–Trinajstić information content (AvgIpc) is 3.50. The van der Waals surface area contributed by atoms with Crippen LogP contribution < -0.4 is 10.2 Å². The van der Waals surface area contributed by atoms with Gasteiger partial charge in [-0.2, -0.15) is 0 Å². The third-order valence-corrected chi connectivity index (χ3v) is 5.50. The lowest BCUT2D eigenvalue weighted by atomic mass is 10.0. The number of amides is 2. The Bertz CT molecular complexity index is 879. The number of aryl methyl sites for hydroxylation is 1. The van der Waals surface area contributed by atoms with Crippen molar-refractivity contribution < 1.29 is 13.6 Å². The summed E-state index contributed by atoms with van der Waals surface area (Å²) < 4.78 is 27.7. The molecule has 1 saturated heterocycles. The summed E-state index contributed by atoms with van der Waals surface area (Å²) in [5.41, 5.74) is 0.425. The van der Waals surface area contributed by atoms with Crippen LogP contribution >= 0.6 is 0 Å². The molecule has 28 heavy (non-hydrogen) atoms. The van der Waals surface area contributed by atoms with Crippen LogP contribution in [0, 0.1) is 11.6 Å². The zero-order valence-electron chi connectivity index (χ0n) is 15.8. The van der Waals surface area contributed by atoms with E-state index in [1.165, 1.54) is 6.07 Å². The third kappa shape index (κ3) is 3.63. The van der Waals surface area contributed by atoms with Gasteiger partial charge < -0.3 is 15.1 Å². The van der Waals surface area contributed by atoms with Crippen LogP contribution in [0.15, 0.2) is 30.6 Å². The fourth-order valence-corrected chi connectivity index (χ4v) is 3.63. The molecule has 1 aromatic carbocycles. The number of carbonyl (C=O) groups excluding carboxylic acids is 1. The van der Waals surface area contributed by atoms with Crippen LogP contribution in [0.2, 0.25) is 0 Å². The van der Waals surface area contributed by atoms with Crippen molar-refractivity contribution in [2.75, 3.05) is 31.1 Å². The molecule has 2 aromatic rings. The first-order valence-electron chi connectivity index (χ1n) is 9.59. The zero-order chi connectivity index (χ0) is 19.7. The lowest BCUT2D eigenvalue weighted by Crippen LogP contribution is -2.53. The van der Waals surface area contributed by atoms with E-state index in [-0.39, 0.29) is 11.6 Å². The van der Waals surface area contributed by atoms with Gasteiger partial charge in [-0.25, -0.2) is 23.5 Å². The molecule has 6 nitrogen and oxygen atoms in total. The largest absolute Gasteiger partial charge is 0.353 e. The summed E-state index contributed by atoms with van der Waals surface area (Å²) in [6, 6.07) is 5.12. The summed E-state index contributed by atoms with van der Waals surface area (Å²) >= 11 is 0. The van der Waals surface area contributed by atoms with Crippen molar-refractivity contribution in [1.29, 1.82) is 0 Å². The smallest absolute Gasteiger partial charge is 0.318 e. The molecule has 0 unspecified atom stereocenters. The number of urea groups is 1. The maximum atomic E-state index is 14.1. The van der Waals surface area contributed by atoms with Gasteiger partial charge in [0.1, 0.15) is 23.8 Å². The molecule has 8 heteroatoms. The molecule has 0 bridgehead atoms. The Labute approximate surface area is 162 Å². The van der Waals surface area contributed by atoms with Crippen molar-refractivity contribution in [2.24, 2.45) is 0 Å². The number of nitrogens with one attached hydrogen (secondary N) is 1. The molecule has 1 aliphatic carbocycles. The number of hydrogen-bond acceptors (Lipinski definition) is 4. The lowest BCUT2D eigenvalue weighted by molar-refractivity contribution is 0.188. The number of nitrogens with zero attached hydrogens (tertiary/aromatic N) is 4. The van der Waals surface area contributed by atoms with Crippen LogP contribution in [0.3, 0.4) is 0 Å². The standard InChI is InChI=1S/C20H23F2N5O/c1-2-15-12-18(24-13-23-15)26-7-9-27(10-8-26)19(28)25-20(5-6-20)16-11-14(21)3-4-17(16)22/h3-4,11-13H,2,5-10H2,1H3,(H,25,28). The van der Waals surface area contributed by atoms with Gasteiger partial charge in [0, 0.05) is 43.5 Å². The van der Waals surface area contributed by atoms with E-state index in [2.05, 4.69) is 20.2 Å². The molecule has 2 amide bonds. The third-order valence-electron chi connectivity index (χ3n) is 5.50. The molecular formula is C20H23F2N5O. The maximum absolute atomic E-state index is 14.1. The second-order valence-corrected chi connectivity index (χ2v) is 7.33. The first-order valence-corrected chi connectivity index (χ1v) is 9.59. The van der Waals surface area contributed by atoms with Gasteiger partial charge in [0.2, 0.25) is 0 Å². The van der Waals surface area contributed by atoms with Gasteiger partial charge >= 0.3 is 6.03 Å². The van der Waals surface area contributed by atoms with E-state index >= 15 is 0 Å². The van der Waals surface area contributed by atoms with Gasteiger partial charge in [-0.3, -0.25) is 0 Å². The predicted molar refractivity (Wildman–Crippen MR) is 101 cm³/mol. The summed E-state index contributed by atoms with van der Waals surface area (Å²) in [7, 11) is 0. The monoisotopic (exact) mass is 387 g/mol. The first kappa shape index (κ1) is 18.6. The van der Waals surface area contributed by atoms with Gasteiger partial charge in [0.05, 0.1) is 5.54 Å². The van der Waals surface area contributed by atoms with Crippen LogP contribution in [0.1, 0.15) is 31.0 Å². The van der Waals surface area contributed by atoms with E-state index < -0.39 is 17.2 Å². The van der Waals surface area contributed by atoms with Crippen LogP contribution in [0.25, 0.3) is 0 Å². The molecule has 2 fully saturated rings. The molecule has 2 heterocycles.